The molecular formula is C21H16N4O5. The zero-order chi connectivity index (χ0) is 21.1. The fourth-order valence-electron chi connectivity index (χ4n) is 2.92. The lowest BCUT2D eigenvalue weighted by atomic mass is 10.1. The van der Waals surface area contributed by atoms with Gasteiger partial charge in [0.1, 0.15) is 17.9 Å². The summed E-state index contributed by atoms with van der Waals surface area (Å²) >= 11 is 0. The summed E-state index contributed by atoms with van der Waals surface area (Å²) in [6, 6.07) is 14.8. The Balaban J connectivity index is 1.66. The second kappa shape index (κ2) is 8.00. The molecular weight excluding hydrogens is 388 g/mol. The zero-order valence-corrected chi connectivity index (χ0v) is 15.8. The van der Waals surface area contributed by atoms with Crippen LogP contribution in [-0.4, -0.2) is 31.3 Å². The molecule has 0 aliphatic rings. The Morgan fingerprint density at radius 2 is 2.00 bits per heavy atom. The Hall–Kier alpha value is -4.27. The summed E-state index contributed by atoms with van der Waals surface area (Å²) in [5.41, 5.74) is 0.914. The third-order valence-corrected chi connectivity index (χ3v) is 4.34. The number of rotatable bonds is 5. The van der Waals surface area contributed by atoms with Gasteiger partial charge in [-0.25, -0.2) is 9.59 Å². The second-order valence-corrected chi connectivity index (χ2v) is 6.43. The third kappa shape index (κ3) is 3.95. The minimum Gasteiger partial charge on any atom is -0.508 e. The molecule has 0 saturated heterocycles. The summed E-state index contributed by atoms with van der Waals surface area (Å²) in [5.74, 6) is -0.299. The molecule has 150 valence electrons. The van der Waals surface area contributed by atoms with E-state index in [0.29, 0.717) is 16.8 Å². The first-order chi connectivity index (χ1) is 14.5. The molecule has 4 aromatic rings. The van der Waals surface area contributed by atoms with E-state index in [1.807, 2.05) is 30.3 Å². The average molecular weight is 404 g/mol. The first-order valence-electron chi connectivity index (χ1n) is 8.96. The van der Waals surface area contributed by atoms with E-state index >= 15 is 0 Å². The number of carbonyl (C=O) groups excluding carboxylic acids is 1. The molecule has 0 saturated carbocycles. The highest BCUT2D eigenvalue weighted by Gasteiger charge is 2.19. The molecule has 2 aromatic carbocycles. The lowest BCUT2D eigenvalue weighted by Crippen LogP contribution is -2.15. The summed E-state index contributed by atoms with van der Waals surface area (Å²) < 4.78 is 11.8. The number of fused-ring (bicyclic) bond motifs is 1. The maximum absolute atomic E-state index is 12.9. The SMILES string of the molecule is Cc1nnnn1/C(=C\c1ccccc1)C(=O)OCc1cc(=O)oc2cc(O)ccc12. The minimum absolute atomic E-state index is 0.0398. The predicted molar refractivity (Wildman–Crippen MR) is 107 cm³/mol. The van der Waals surface area contributed by atoms with Crippen LogP contribution in [0, 0.1) is 6.92 Å². The van der Waals surface area contributed by atoms with Crippen molar-refractivity contribution in [3.8, 4) is 5.75 Å². The van der Waals surface area contributed by atoms with E-state index in [4.69, 9.17) is 9.15 Å². The largest absolute Gasteiger partial charge is 0.508 e. The lowest BCUT2D eigenvalue weighted by Gasteiger charge is -2.10. The highest BCUT2D eigenvalue weighted by Crippen LogP contribution is 2.23. The molecule has 4 rings (SSSR count). The van der Waals surface area contributed by atoms with E-state index in [1.165, 1.54) is 22.9 Å². The number of hydrogen-bond acceptors (Lipinski definition) is 8. The fraction of sp³-hybridized carbons (Fsp3) is 0.0952. The van der Waals surface area contributed by atoms with Gasteiger partial charge >= 0.3 is 11.6 Å². The average Bonchev–Trinajstić information content (AvgIpc) is 3.15. The van der Waals surface area contributed by atoms with Crippen LogP contribution >= 0.6 is 0 Å². The van der Waals surface area contributed by atoms with E-state index in [-0.39, 0.29) is 23.6 Å². The molecule has 0 bridgehead atoms. The van der Waals surface area contributed by atoms with Crippen LogP contribution in [0.1, 0.15) is 17.0 Å². The Kier molecular flexibility index (Phi) is 5.08. The van der Waals surface area contributed by atoms with E-state index in [0.717, 1.165) is 5.56 Å². The van der Waals surface area contributed by atoms with Crippen molar-refractivity contribution >= 4 is 28.7 Å². The smallest absolute Gasteiger partial charge is 0.357 e. The zero-order valence-electron chi connectivity index (χ0n) is 15.8. The number of nitrogens with zero attached hydrogens (tertiary/aromatic N) is 4. The number of esters is 1. The van der Waals surface area contributed by atoms with Crippen LogP contribution in [0.15, 0.2) is 63.8 Å². The van der Waals surface area contributed by atoms with E-state index in [9.17, 15) is 14.7 Å². The van der Waals surface area contributed by atoms with Crippen LogP contribution in [0.2, 0.25) is 0 Å². The van der Waals surface area contributed by atoms with Gasteiger partial charge in [-0.15, -0.1) is 5.10 Å². The van der Waals surface area contributed by atoms with Crippen LogP contribution in [0.5, 0.6) is 5.75 Å². The molecule has 0 aliphatic carbocycles. The number of phenolic OH excluding ortho intramolecular Hbond substituents is 1. The van der Waals surface area contributed by atoms with Gasteiger partial charge in [-0.05, 0) is 41.1 Å². The molecule has 0 spiro atoms. The first-order valence-corrected chi connectivity index (χ1v) is 8.96. The van der Waals surface area contributed by atoms with Gasteiger partial charge in [-0.2, -0.15) is 4.68 Å². The van der Waals surface area contributed by atoms with Gasteiger partial charge in [0.15, 0.2) is 11.5 Å². The van der Waals surface area contributed by atoms with Gasteiger partial charge in [-0.1, -0.05) is 30.3 Å². The predicted octanol–water partition coefficient (Wildman–Crippen LogP) is 2.54. The quantitative estimate of drug-likeness (QED) is 0.306. The summed E-state index contributed by atoms with van der Waals surface area (Å²) in [5, 5.41) is 21.4. The van der Waals surface area contributed by atoms with E-state index < -0.39 is 11.6 Å². The normalized spacial score (nSPS) is 11.6. The molecule has 0 aliphatic heterocycles. The molecule has 2 aromatic heterocycles. The van der Waals surface area contributed by atoms with Crippen molar-refractivity contribution in [1.82, 2.24) is 20.2 Å². The monoisotopic (exact) mass is 404 g/mol. The van der Waals surface area contributed by atoms with Crippen molar-refractivity contribution < 1.29 is 19.1 Å². The van der Waals surface area contributed by atoms with E-state index in [2.05, 4.69) is 15.5 Å². The molecule has 9 heteroatoms. The van der Waals surface area contributed by atoms with Gasteiger partial charge in [0.25, 0.3) is 0 Å². The number of aromatic nitrogens is 4. The van der Waals surface area contributed by atoms with Gasteiger partial charge in [0.05, 0.1) is 0 Å². The molecule has 2 heterocycles. The summed E-state index contributed by atoms with van der Waals surface area (Å²) in [6.45, 7) is 1.48. The number of benzene rings is 2. The Morgan fingerprint density at radius 3 is 2.73 bits per heavy atom. The molecule has 0 unspecified atom stereocenters. The van der Waals surface area contributed by atoms with Crippen LogP contribution in [0.4, 0.5) is 0 Å². The summed E-state index contributed by atoms with van der Waals surface area (Å²) in [4.78, 5) is 24.7. The summed E-state index contributed by atoms with van der Waals surface area (Å²) in [6.07, 6.45) is 1.61. The molecule has 0 fully saturated rings. The topological polar surface area (TPSA) is 120 Å². The fourth-order valence-corrected chi connectivity index (χ4v) is 2.92. The van der Waals surface area contributed by atoms with Crippen molar-refractivity contribution in [3.05, 3.63) is 82.0 Å². The highest BCUT2D eigenvalue weighted by atomic mass is 16.5. The van der Waals surface area contributed by atoms with Crippen molar-refractivity contribution in [2.45, 2.75) is 13.5 Å². The maximum Gasteiger partial charge on any atom is 0.357 e. The molecule has 0 atom stereocenters. The van der Waals surface area contributed by atoms with Crippen molar-refractivity contribution in [3.63, 3.8) is 0 Å². The number of hydrogen-bond donors (Lipinski definition) is 1. The number of aromatic hydroxyl groups is 1. The van der Waals surface area contributed by atoms with Gasteiger partial charge in [0.2, 0.25) is 0 Å². The van der Waals surface area contributed by atoms with Crippen molar-refractivity contribution in [2.24, 2.45) is 0 Å². The standard InChI is InChI=1S/C21H16N4O5/c1-13-22-23-24-25(13)18(9-14-5-3-2-4-6-14)21(28)29-12-15-10-20(27)30-19-11-16(26)7-8-17(15)19/h2-11,26H,12H2,1H3/b18-9-. The van der Waals surface area contributed by atoms with Crippen molar-refractivity contribution in [1.29, 1.82) is 0 Å². The number of carbonyl (C=O) groups is 1. The third-order valence-electron chi connectivity index (χ3n) is 4.34. The number of tetrazole rings is 1. The van der Waals surface area contributed by atoms with E-state index in [1.54, 1.807) is 19.1 Å². The van der Waals surface area contributed by atoms with Crippen LogP contribution in [0.25, 0.3) is 22.7 Å². The number of phenols is 1. The van der Waals surface area contributed by atoms with Crippen molar-refractivity contribution in [2.75, 3.05) is 0 Å². The van der Waals surface area contributed by atoms with Crippen LogP contribution in [-0.2, 0) is 16.1 Å². The molecule has 0 radical (unpaired) electrons. The van der Waals surface area contributed by atoms with Crippen LogP contribution in [0.3, 0.4) is 0 Å². The molecule has 9 nitrogen and oxygen atoms in total. The van der Waals surface area contributed by atoms with Crippen LogP contribution < -0.4 is 5.63 Å². The molecule has 30 heavy (non-hydrogen) atoms. The Bertz CT molecular complexity index is 1310. The van der Waals surface area contributed by atoms with Gasteiger partial charge in [-0.3, -0.25) is 0 Å². The first kappa shape index (κ1) is 19.1. The summed E-state index contributed by atoms with van der Waals surface area (Å²) in [7, 11) is 0. The lowest BCUT2D eigenvalue weighted by molar-refractivity contribution is -0.138. The second-order valence-electron chi connectivity index (χ2n) is 6.43. The van der Waals surface area contributed by atoms with Gasteiger partial charge in [0, 0.05) is 23.1 Å². The highest BCUT2D eigenvalue weighted by molar-refractivity contribution is 6.15. The molecule has 0 amide bonds. The Morgan fingerprint density at radius 1 is 1.20 bits per heavy atom. The van der Waals surface area contributed by atoms with Gasteiger partial charge < -0.3 is 14.3 Å². The number of aryl methyl sites for hydroxylation is 1. The maximum atomic E-state index is 12.9. The molecule has 1 N–H and O–H groups in total. The number of ether oxygens (including phenoxy) is 1. The Labute approximate surface area is 169 Å². The minimum atomic E-state index is -0.672.